The lowest BCUT2D eigenvalue weighted by atomic mass is 9.87. The van der Waals surface area contributed by atoms with Crippen molar-refractivity contribution in [2.75, 3.05) is 19.6 Å². The number of rotatable bonds is 4. The van der Waals surface area contributed by atoms with Gasteiger partial charge in [-0.15, -0.1) is 0 Å². The molecule has 2 heterocycles. The van der Waals surface area contributed by atoms with Crippen LogP contribution in [0.4, 0.5) is 0 Å². The fraction of sp³-hybridized carbons (Fsp3) is 0.643. The van der Waals surface area contributed by atoms with Crippen LogP contribution in [0.2, 0.25) is 0 Å². The van der Waals surface area contributed by atoms with Crippen LogP contribution in [0.25, 0.3) is 0 Å². The van der Waals surface area contributed by atoms with Gasteiger partial charge in [-0.05, 0) is 37.9 Å². The van der Waals surface area contributed by atoms with Crippen LogP contribution in [0.5, 0.6) is 0 Å². The largest absolute Gasteiger partial charge is 0.389 e. The van der Waals surface area contributed by atoms with E-state index in [-0.39, 0.29) is 0 Å². The molecule has 1 N–H and O–H groups in total. The zero-order valence-electron chi connectivity index (χ0n) is 10.6. The van der Waals surface area contributed by atoms with Gasteiger partial charge < -0.3 is 10.0 Å². The highest BCUT2D eigenvalue weighted by atomic mass is 16.3. The molecule has 1 fully saturated rings. The fourth-order valence-electron chi connectivity index (χ4n) is 2.53. The van der Waals surface area contributed by atoms with E-state index in [0.717, 1.165) is 38.2 Å². The van der Waals surface area contributed by atoms with Gasteiger partial charge in [-0.25, -0.2) is 0 Å². The minimum atomic E-state index is -0.543. The van der Waals surface area contributed by atoms with E-state index in [0.29, 0.717) is 6.42 Å². The Morgan fingerprint density at radius 2 is 2.12 bits per heavy atom. The van der Waals surface area contributed by atoms with E-state index in [4.69, 9.17) is 0 Å². The summed E-state index contributed by atoms with van der Waals surface area (Å²) in [4.78, 5) is 6.74. The minimum absolute atomic E-state index is 0.543. The van der Waals surface area contributed by atoms with Crippen LogP contribution in [0.1, 0.15) is 31.9 Å². The van der Waals surface area contributed by atoms with Crippen LogP contribution in [0, 0.1) is 0 Å². The van der Waals surface area contributed by atoms with E-state index < -0.39 is 5.60 Å². The van der Waals surface area contributed by atoms with Gasteiger partial charge in [0.15, 0.2) is 0 Å². The lowest BCUT2D eigenvalue weighted by molar-refractivity contribution is -0.0211. The van der Waals surface area contributed by atoms with Crippen molar-refractivity contribution in [3.8, 4) is 0 Å². The molecular weight excluding hydrogens is 212 g/mol. The molecule has 0 saturated carbocycles. The molecule has 94 valence electrons. The highest BCUT2D eigenvalue weighted by Gasteiger charge is 2.32. The van der Waals surface area contributed by atoms with Gasteiger partial charge in [0, 0.05) is 31.4 Å². The molecular formula is C14H22N2O. The van der Waals surface area contributed by atoms with E-state index >= 15 is 0 Å². The first kappa shape index (κ1) is 12.5. The van der Waals surface area contributed by atoms with Gasteiger partial charge in [0.05, 0.1) is 5.60 Å². The van der Waals surface area contributed by atoms with Crippen molar-refractivity contribution in [1.29, 1.82) is 0 Å². The molecule has 1 aromatic rings. The van der Waals surface area contributed by atoms with Gasteiger partial charge >= 0.3 is 0 Å². The Hall–Kier alpha value is -0.930. The van der Waals surface area contributed by atoms with Crippen molar-refractivity contribution >= 4 is 0 Å². The zero-order valence-corrected chi connectivity index (χ0v) is 10.6. The molecule has 0 unspecified atom stereocenters. The Morgan fingerprint density at radius 3 is 2.71 bits per heavy atom. The molecule has 1 aliphatic rings. The van der Waals surface area contributed by atoms with Crippen LogP contribution < -0.4 is 0 Å². The maximum absolute atomic E-state index is 10.5. The Kier molecular flexibility index (Phi) is 4.13. The fourth-order valence-corrected chi connectivity index (χ4v) is 2.53. The second-order valence-corrected chi connectivity index (χ2v) is 5.06. The highest BCUT2D eigenvalue weighted by molar-refractivity contribution is 5.07. The average molecular weight is 234 g/mol. The van der Waals surface area contributed by atoms with Crippen LogP contribution in [-0.4, -0.2) is 40.2 Å². The van der Waals surface area contributed by atoms with Crippen molar-refractivity contribution in [3.63, 3.8) is 0 Å². The molecule has 3 nitrogen and oxygen atoms in total. The topological polar surface area (TPSA) is 36.4 Å². The Bertz CT molecular complexity index is 331. The minimum Gasteiger partial charge on any atom is -0.389 e. The lowest BCUT2D eigenvalue weighted by Crippen LogP contribution is -2.45. The summed E-state index contributed by atoms with van der Waals surface area (Å²) in [5, 5.41) is 10.5. The van der Waals surface area contributed by atoms with Gasteiger partial charge in [0.1, 0.15) is 0 Å². The van der Waals surface area contributed by atoms with Crippen molar-refractivity contribution in [1.82, 2.24) is 9.88 Å². The van der Waals surface area contributed by atoms with Gasteiger partial charge in [-0.3, -0.25) is 4.98 Å². The summed E-state index contributed by atoms with van der Waals surface area (Å²) in [5.74, 6) is 0. The van der Waals surface area contributed by atoms with Crippen molar-refractivity contribution in [2.24, 2.45) is 0 Å². The van der Waals surface area contributed by atoms with Crippen LogP contribution in [-0.2, 0) is 6.42 Å². The van der Waals surface area contributed by atoms with E-state index in [1.807, 2.05) is 18.2 Å². The molecule has 0 radical (unpaired) electrons. The molecule has 0 atom stereocenters. The Balaban J connectivity index is 1.89. The van der Waals surface area contributed by atoms with Crippen molar-refractivity contribution < 1.29 is 5.11 Å². The summed E-state index contributed by atoms with van der Waals surface area (Å²) in [6.07, 6.45) is 5.41. The maximum atomic E-state index is 10.5. The third-order valence-corrected chi connectivity index (χ3v) is 3.56. The molecule has 0 bridgehead atoms. The van der Waals surface area contributed by atoms with E-state index in [1.165, 1.54) is 6.42 Å². The number of nitrogens with zero attached hydrogens (tertiary/aromatic N) is 2. The van der Waals surface area contributed by atoms with Crippen LogP contribution in [0.3, 0.4) is 0 Å². The van der Waals surface area contributed by atoms with E-state index in [2.05, 4.69) is 16.8 Å². The predicted octanol–water partition coefficient (Wildman–Crippen LogP) is 1.86. The first-order valence-electron chi connectivity index (χ1n) is 6.56. The second-order valence-electron chi connectivity index (χ2n) is 5.06. The van der Waals surface area contributed by atoms with Gasteiger partial charge in [-0.1, -0.05) is 13.0 Å². The van der Waals surface area contributed by atoms with Gasteiger partial charge in [-0.2, -0.15) is 0 Å². The number of piperidine rings is 1. The third kappa shape index (κ3) is 3.51. The molecule has 1 aliphatic heterocycles. The van der Waals surface area contributed by atoms with E-state index in [9.17, 15) is 5.11 Å². The Morgan fingerprint density at radius 1 is 1.35 bits per heavy atom. The average Bonchev–Trinajstić information content (AvgIpc) is 2.34. The van der Waals surface area contributed by atoms with Crippen LogP contribution in [0.15, 0.2) is 24.4 Å². The summed E-state index contributed by atoms with van der Waals surface area (Å²) in [6.45, 7) is 5.38. The normalized spacial score (nSPS) is 20.4. The van der Waals surface area contributed by atoms with Crippen molar-refractivity contribution in [2.45, 2.75) is 38.2 Å². The maximum Gasteiger partial charge on any atom is 0.0727 e. The first-order valence-corrected chi connectivity index (χ1v) is 6.56. The standard InChI is InChI=1S/C14H22N2O/c1-2-9-16-10-6-14(17,7-11-16)12-13-5-3-4-8-15-13/h3-5,8,17H,2,6-7,9-12H2,1H3. The Labute approximate surface area is 103 Å². The number of aliphatic hydroxyl groups is 1. The first-order chi connectivity index (χ1) is 8.22. The number of hydrogen-bond donors (Lipinski definition) is 1. The number of hydrogen-bond acceptors (Lipinski definition) is 3. The molecule has 0 aromatic carbocycles. The molecule has 1 aromatic heterocycles. The lowest BCUT2D eigenvalue weighted by Gasteiger charge is -2.38. The summed E-state index contributed by atoms with van der Waals surface area (Å²) in [6, 6.07) is 5.89. The van der Waals surface area contributed by atoms with Crippen LogP contribution >= 0.6 is 0 Å². The molecule has 2 rings (SSSR count). The molecule has 3 heteroatoms. The van der Waals surface area contributed by atoms with Gasteiger partial charge in [0.25, 0.3) is 0 Å². The zero-order chi connectivity index (χ0) is 12.1. The second kappa shape index (κ2) is 5.61. The molecule has 17 heavy (non-hydrogen) atoms. The molecule has 0 spiro atoms. The third-order valence-electron chi connectivity index (χ3n) is 3.56. The SMILES string of the molecule is CCCN1CCC(O)(Cc2ccccn2)CC1. The number of likely N-dealkylation sites (tertiary alicyclic amines) is 1. The van der Waals surface area contributed by atoms with E-state index in [1.54, 1.807) is 6.20 Å². The monoisotopic (exact) mass is 234 g/mol. The summed E-state index contributed by atoms with van der Waals surface area (Å²) >= 11 is 0. The molecule has 1 saturated heterocycles. The molecule has 0 amide bonds. The predicted molar refractivity (Wildman–Crippen MR) is 68.9 cm³/mol. The number of aromatic nitrogens is 1. The summed E-state index contributed by atoms with van der Waals surface area (Å²) in [7, 11) is 0. The quantitative estimate of drug-likeness (QED) is 0.864. The smallest absolute Gasteiger partial charge is 0.0727 e. The summed E-state index contributed by atoms with van der Waals surface area (Å²) < 4.78 is 0. The summed E-state index contributed by atoms with van der Waals surface area (Å²) in [5.41, 5.74) is 0.456. The number of pyridine rings is 1. The highest BCUT2D eigenvalue weighted by Crippen LogP contribution is 2.25. The van der Waals surface area contributed by atoms with Crippen molar-refractivity contribution in [3.05, 3.63) is 30.1 Å². The molecule has 0 aliphatic carbocycles. The van der Waals surface area contributed by atoms with Gasteiger partial charge in [0.2, 0.25) is 0 Å².